The molecule has 5 heteroatoms. The van der Waals surface area contributed by atoms with Crippen molar-refractivity contribution in [3.63, 3.8) is 0 Å². The third-order valence-corrected chi connectivity index (χ3v) is 4.52. The topological polar surface area (TPSA) is 53.6 Å². The van der Waals surface area contributed by atoms with Crippen molar-refractivity contribution in [3.8, 4) is 11.1 Å². The minimum absolute atomic E-state index is 0.108. The molecule has 27 heavy (non-hydrogen) atoms. The van der Waals surface area contributed by atoms with Crippen LogP contribution in [0.25, 0.3) is 11.1 Å². The van der Waals surface area contributed by atoms with E-state index in [1.807, 2.05) is 79.7 Å². The second-order valence-corrected chi connectivity index (χ2v) is 6.36. The summed E-state index contributed by atoms with van der Waals surface area (Å²) in [6.07, 6.45) is 0. The van der Waals surface area contributed by atoms with E-state index in [0.29, 0.717) is 17.3 Å². The maximum Gasteiger partial charge on any atom is 0.246 e. The predicted molar refractivity (Wildman–Crippen MR) is 105 cm³/mol. The molecule has 0 aliphatic rings. The molecular weight excluding hydrogens is 339 g/mol. The van der Waals surface area contributed by atoms with Crippen molar-refractivity contribution in [2.75, 3.05) is 5.32 Å². The van der Waals surface area contributed by atoms with E-state index in [9.17, 15) is 4.39 Å². The first-order chi connectivity index (χ1) is 13.2. The molecule has 0 saturated carbocycles. The molecule has 0 aliphatic heterocycles. The molecule has 4 rings (SSSR count). The Morgan fingerprint density at radius 2 is 1.63 bits per heavy atom. The number of hydrogen-bond donors (Lipinski definition) is 2. The standard InChI is InChI=1S/C22H19FN4/c1-15(21-25-22(27-26-21)24-18-10-6-3-7-11-18)17-12-13-19(20(23)14-17)16-8-4-2-5-9-16/h2-15H,1H3,(H2,24,25,26,27). The predicted octanol–water partition coefficient (Wildman–Crippen LogP) is 5.51. The molecule has 134 valence electrons. The van der Waals surface area contributed by atoms with Gasteiger partial charge in [0, 0.05) is 17.2 Å². The molecule has 0 radical (unpaired) electrons. The molecule has 1 unspecified atom stereocenters. The lowest BCUT2D eigenvalue weighted by Crippen LogP contribution is -2.00. The lowest BCUT2D eigenvalue weighted by molar-refractivity contribution is 0.627. The first kappa shape index (κ1) is 17.0. The Morgan fingerprint density at radius 1 is 0.926 bits per heavy atom. The Kier molecular flexibility index (Phi) is 4.66. The molecule has 1 atom stereocenters. The van der Waals surface area contributed by atoms with Gasteiger partial charge in [-0.15, -0.1) is 5.10 Å². The summed E-state index contributed by atoms with van der Waals surface area (Å²) in [7, 11) is 0. The first-order valence-electron chi connectivity index (χ1n) is 8.80. The highest BCUT2D eigenvalue weighted by Crippen LogP contribution is 2.28. The number of anilines is 2. The van der Waals surface area contributed by atoms with Crippen LogP contribution in [0.5, 0.6) is 0 Å². The first-order valence-corrected chi connectivity index (χ1v) is 8.80. The van der Waals surface area contributed by atoms with Gasteiger partial charge in [0.1, 0.15) is 11.6 Å². The van der Waals surface area contributed by atoms with Crippen LogP contribution in [0.3, 0.4) is 0 Å². The summed E-state index contributed by atoms with van der Waals surface area (Å²) in [5, 5.41) is 10.3. The molecule has 0 bridgehead atoms. The van der Waals surface area contributed by atoms with Crippen molar-refractivity contribution in [1.82, 2.24) is 15.2 Å². The van der Waals surface area contributed by atoms with Crippen molar-refractivity contribution in [2.45, 2.75) is 12.8 Å². The highest BCUT2D eigenvalue weighted by Gasteiger charge is 2.16. The number of aromatic nitrogens is 3. The van der Waals surface area contributed by atoms with Crippen LogP contribution in [0.15, 0.2) is 78.9 Å². The van der Waals surface area contributed by atoms with E-state index >= 15 is 0 Å². The second kappa shape index (κ2) is 7.41. The van der Waals surface area contributed by atoms with Crippen molar-refractivity contribution in [3.05, 3.63) is 96.1 Å². The number of para-hydroxylation sites is 1. The van der Waals surface area contributed by atoms with E-state index in [-0.39, 0.29) is 11.7 Å². The molecule has 4 nitrogen and oxygen atoms in total. The van der Waals surface area contributed by atoms with E-state index in [2.05, 4.69) is 20.5 Å². The molecule has 0 amide bonds. The summed E-state index contributed by atoms with van der Waals surface area (Å²) in [4.78, 5) is 4.49. The number of hydrogen-bond acceptors (Lipinski definition) is 3. The number of halogens is 1. The average molecular weight is 358 g/mol. The van der Waals surface area contributed by atoms with Gasteiger partial charge in [-0.3, -0.25) is 5.10 Å². The van der Waals surface area contributed by atoms with Gasteiger partial charge in [-0.1, -0.05) is 67.6 Å². The number of nitrogens with zero attached hydrogens (tertiary/aromatic N) is 2. The van der Waals surface area contributed by atoms with Gasteiger partial charge < -0.3 is 5.32 Å². The van der Waals surface area contributed by atoms with Crippen molar-refractivity contribution in [2.24, 2.45) is 0 Å². The molecular formula is C22H19FN4. The van der Waals surface area contributed by atoms with Gasteiger partial charge in [0.15, 0.2) is 0 Å². The fraction of sp³-hybridized carbons (Fsp3) is 0.0909. The van der Waals surface area contributed by atoms with E-state index in [1.54, 1.807) is 6.07 Å². The van der Waals surface area contributed by atoms with Crippen LogP contribution in [-0.2, 0) is 0 Å². The molecule has 0 aliphatic carbocycles. The number of aromatic amines is 1. The van der Waals surface area contributed by atoms with Crippen LogP contribution in [0.1, 0.15) is 24.2 Å². The molecule has 0 fully saturated rings. The molecule has 2 N–H and O–H groups in total. The summed E-state index contributed by atoms with van der Waals surface area (Å²) in [6, 6.07) is 24.6. The minimum Gasteiger partial charge on any atom is -0.323 e. The highest BCUT2D eigenvalue weighted by atomic mass is 19.1. The van der Waals surface area contributed by atoms with E-state index < -0.39 is 0 Å². The normalized spacial score (nSPS) is 11.9. The Morgan fingerprint density at radius 3 is 2.33 bits per heavy atom. The van der Waals surface area contributed by atoms with E-state index in [0.717, 1.165) is 16.8 Å². The fourth-order valence-corrected chi connectivity index (χ4v) is 2.98. The quantitative estimate of drug-likeness (QED) is 0.495. The Bertz CT molecular complexity index is 1030. The Labute approximate surface area is 157 Å². The van der Waals surface area contributed by atoms with Crippen LogP contribution >= 0.6 is 0 Å². The monoisotopic (exact) mass is 358 g/mol. The zero-order chi connectivity index (χ0) is 18.6. The molecule has 1 aromatic heterocycles. The summed E-state index contributed by atoms with van der Waals surface area (Å²) in [5.74, 6) is 0.820. The molecule has 4 aromatic rings. The zero-order valence-corrected chi connectivity index (χ0v) is 14.9. The fourth-order valence-electron chi connectivity index (χ4n) is 2.98. The lowest BCUT2D eigenvalue weighted by Gasteiger charge is -2.11. The van der Waals surface area contributed by atoms with Gasteiger partial charge in [0.25, 0.3) is 0 Å². The highest BCUT2D eigenvalue weighted by molar-refractivity contribution is 5.64. The molecule has 1 heterocycles. The van der Waals surface area contributed by atoms with Crippen LogP contribution in [0, 0.1) is 5.82 Å². The van der Waals surface area contributed by atoms with Crippen LogP contribution < -0.4 is 5.32 Å². The third-order valence-electron chi connectivity index (χ3n) is 4.52. The summed E-state index contributed by atoms with van der Waals surface area (Å²) in [5.41, 5.74) is 3.21. The maximum absolute atomic E-state index is 14.6. The largest absolute Gasteiger partial charge is 0.323 e. The van der Waals surface area contributed by atoms with Crippen LogP contribution in [0.2, 0.25) is 0 Å². The zero-order valence-electron chi connectivity index (χ0n) is 14.9. The van der Waals surface area contributed by atoms with Gasteiger partial charge in [-0.05, 0) is 29.3 Å². The van der Waals surface area contributed by atoms with Crippen molar-refractivity contribution in [1.29, 1.82) is 0 Å². The van der Waals surface area contributed by atoms with E-state index in [4.69, 9.17) is 0 Å². The lowest BCUT2D eigenvalue weighted by atomic mass is 9.96. The van der Waals surface area contributed by atoms with Gasteiger partial charge in [-0.25, -0.2) is 4.39 Å². The number of H-pyrrole nitrogens is 1. The Balaban J connectivity index is 1.55. The second-order valence-electron chi connectivity index (χ2n) is 6.36. The van der Waals surface area contributed by atoms with Gasteiger partial charge in [0.05, 0.1) is 0 Å². The van der Waals surface area contributed by atoms with Gasteiger partial charge in [-0.2, -0.15) is 4.98 Å². The summed E-state index contributed by atoms with van der Waals surface area (Å²) < 4.78 is 14.6. The van der Waals surface area contributed by atoms with Crippen molar-refractivity contribution >= 4 is 11.6 Å². The average Bonchev–Trinajstić information content (AvgIpc) is 3.17. The van der Waals surface area contributed by atoms with Crippen molar-refractivity contribution < 1.29 is 4.39 Å². The number of nitrogens with one attached hydrogen (secondary N) is 2. The Hall–Kier alpha value is -3.47. The smallest absolute Gasteiger partial charge is 0.246 e. The van der Waals surface area contributed by atoms with Crippen LogP contribution in [0.4, 0.5) is 16.0 Å². The SMILES string of the molecule is CC(c1ccc(-c2ccccc2)c(F)c1)c1nc(Nc2ccccc2)n[nH]1. The van der Waals surface area contributed by atoms with E-state index in [1.165, 1.54) is 0 Å². The van der Waals surface area contributed by atoms with Crippen LogP contribution in [-0.4, -0.2) is 15.2 Å². The maximum atomic E-state index is 14.6. The number of rotatable bonds is 5. The molecule has 0 spiro atoms. The number of benzene rings is 3. The molecule has 3 aromatic carbocycles. The van der Waals surface area contributed by atoms with Gasteiger partial charge in [0.2, 0.25) is 5.95 Å². The third kappa shape index (κ3) is 3.72. The minimum atomic E-state index is -0.243. The van der Waals surface area contributed by atoms with Gasteiger partial charge >= 0.3 is 0 Å². The summed E-state index contributed by atoms with van der Waals surface area (Å²) >= 11 is 0. The molecule has 0 saturated heterocycles. The summed E-state index contributed by atoms with van der Waals surface area (Å²) in [6.45, 7) is 1.98.